The molecule has 34 heavy (non-hydrogen) atoms. The molecule has 0 fully saturated rings. The first-order chi connectivity index (χ1) is 16.5. The molecule has 6 nitrogen and oxygen atoms in total. The molecule has 0 atom stereocenters. The van der Waals surface area contributed by atoms with Gasteiger partial charge in [-0.3, -0.25) is 4.79 Å². The number of hydrogen-bond donors (Lipinski definition) is 2. The molecule has 2 aromatic rings. The average Bonchev–Trinajstić information content (AvgIpc) is 3.11. The minimum absolute atomic E-state index is 0.0718. The summed E-state index contributed by atoms with van der Waals surface area (Å²) in [5.41, 5.74) is 1.59. The average molecular weight is 529 g/mol. The van der Waals surface area contributed by atoms with Crippen LogP contribution in [0, 0.1) is 0 Å². The molecule has 2 N–H and O–H groups in total. The molecule has 0 unspecified atom stereocenters. The zero-order valence-corrected chi connectivity index (χ0v) is 21.3. The van der Waals surface area contributed by atoms with Gasteiger partial charge < -0.3 is 15.2 Å². The molecule has 7 heteroatoms. The molecule has 1 aliphatic heterocycles. The van der Waals surface area contributed by atoms with Crippen molar-refractivity contribution >= 4 is 44.8 Å². The molecule has 0 aliphatic carbocycles. The predicted octanol–water partition coefficient (Wildman–Crippen LogP) is 7.45. The molecular formula is C27H33BrN2O4. The summed E-state index contributed by atoms with van der Waals surface area (Å²) in [6.45, 7) is 2.66. The molecule has 3 rings (SSSR count). The third kappa shape index (κ3) is 6.93. The Hall–Kier alpha value is -2.64. The second-order valence-corrected chi connectivity index (χ2v) is 9.36. The number of halogens is 1. The lowest BCUT2D eigenvalue weighted by Gasteiger charge is -2.16. The maximum absolute atomic E-state index is 13.2. The number of urea groups is 1. The molecule has 0 aromatic heterocycles. The van der Waals surface area contributed by atoms with Crippen molar-refractivity contribution in [3.63, 3.8) is 0 Å². The van der Waals surface area contributed by atoms with E-state index in [4.69, 9.17) is 4.74 Å². The van der Waals surface area contributed by atoms with Crippen molar-refractivity contribution in [3.05, 3.63) is 64.3 Å². The number of aliphatic hydroxyl groups excluding tert-OH is 1. The zero-order chi connectivity index (χ0) is 24.3. The maximum atomic E-state index is 13.2. The van der Waals surface area contributed by atoms with E-state index in [0.29, 0.717) is 23.5 Å². The number of nitrogens with one attached hydrogen (secondary N) is 1. The van der Waals surface area contributed by atoms with Crippen LogP contribution in [0.25, 0.3) is 5.57 Å². The fourth-order valence-electron chi connectivity index (χ4n) is 4.00. The molecule has 2 aromatic carbocycles. The first-order valence-electron chi connectivity index (χ1n) is 12.0. The highest BCUT2D eigenvalue weighted by Gasteiger charge is 2.39. The van der Waals surface area contributed by atoms with Crippen molar-refractivity contribution in [3.8, 4) is 0 Å². The van der Waals surface area contributed by atoms with Gasteiger partial charge >= 0.3 is 6.03 Å². The molecule has 182 valence electrons. The van der Waals surface area contributed by atoms with Crippen LogP contribution in [-0.2, 0) is 9.53 Å². The van der Waals surface area contributed by atoms with E-state index in [9.17, 15) is 14.7 Å². The molecule has 1 heterocycles. The van der Waals surface area contributed by atoms with Crippen LogP contribution in [0.4, 0.5) is 16.2 Å². The van der Waals surface area contributed by atoms with Crippen LogP contribution in [-0.4, -0.2) is 30.3 Å². The van der Waals surface area contributed by atoms with Crippen LogP contribution < -0.4 is 10.2 Å². The van der Waals surface area contributed by atoms with Crippen molar-refractivity contribution < 1.29 is 19.4 Å². The Bertz CT molecular complexity index is 1010. The van der Waals surface area contributed by atoms with Gasteiger partial charge in [0.25, 0.3) is 5.91 Å². The molecule has 0 spiro atoms. The van der Waals surface area contributed by atoms with Gasteiger partial charge in [-0.25, -0.2) is 9.69 Å². The van der Waals surface area contributed by atoms with Gasteiger partial charge in [-0.1, -0.05) is 86.0 Å². The number of anilines is 2. The zero-order valence-electron chi connectivity index (χ0n) is 19.7. The first kappa shape index (κ1) is 26.0. The number of benzene rings is 2. The monoisotopic (exact) mass is 528 g/mol. The summed E-state index contributed by atoms with van der Waals surface area (Å²) in [6, 6.07) is 13.5. The Kier molecular flexibility index (Phi) is 10.2. The second kappa shape index (κ2) is 13.3. The minimum Gasteiger partial charge on any atom is -0.509 e. The van der Waals surface area contributed by atoms with Gasteiger partial charge in [-0.15, -0.1) is 0 Å². The molecule has 0 saturated heterocycles. The fourth-order valence-corrected chi connectivity index (χ4v) is 4.36. The predicted molar refractivity (Wildman–Crippen MR) is 140 cm³/mol. The highest BCUT2D eigenvalue weighted by molar-refractivity contribution is 9.10. The number of unbranched alkanes of at least 4 members (excludes halogenated alkanes) is 7. The number of amides is 3. The van der Waals surface area contributed by atoms with Gasteiger partial charge in [0.05, 0.1) is 11.3 Å². The fraction of sp³-hybridized carbons (Fsp3) is 0.407. The number of carbonyl (C=O) groups excluding carboxylic acids is 2. The van der Waals surface area contributed by atoms with Crippen LogP contribution in [0.2, 0.25) is 0 Å². The van der Waals surface area contributed by atoms with E-state index >= 15 is 0 Å². The number of hydrogen-bond acceptors (Lipinski definition) is 4. The highest BCUT2D eigenvalue weighted by Crippen LogP contribution is 2.40. The van der Waals surface area contributed by atoms with Crippen molar-refractivity contribution in [1.29, 1.82) is 0 Å². The van der Waals surface area contributed by atoms with E-state index in [-0.39, 0.29) is 17.9 Å². The van der Waals surface area contributed by atoms with E-state index < -0.39 is 11.9 Å². The third-order valence-electron chi connectivity index (χ3n) is 5.78. The largest absolute Gasteiger partial charge is 0.509 e. The van der Waals surface area contributed by atoms with E-state index in [1.165, 1.54) is 38.5 Å². The van der Waals surface area contributed by atoms with Gasteiger partial charge in [-0.05, 0) is 36.8 Å². The smallest absolute Gasteiger partial charge is 0.333 e. The summed E-state index contributed by atoms with van der Waals surface area (Å²) in [5, 5.41) is 13.5. The highest BCUT2D eigenvalue weighted by atomic mass is 79.9. The van der Waals surface area contributed by atoms with Crippen LogP contribution in [0.15, 0.2) is 58.8 Å². The van der Waals surface area contributed by atoms with Crippen LogP contribution in [0.5, 0.6) is 0 Å². The summed E-state index contributed by atoms with van der Waals surface area (Å²) in [6.07, 6.45) is 9.59. The van der Waals surface area contributed by atoms with Crippen molar-refractivity contribution in [2.45, 2.75) is 58.3 Å². The number of ether oxygens (including phenoxy) is 1. The summed E-state index contributed by atoms with van der Waals surface area (Å²) < 4.78 is 6.39. The number of nitrogens with zero attached hydrogens (tertiary/aromatic N) is 1. The normalized spacial score (nSPS) is 14.3. The Balaban J connectivity index is 1.60. The lowest BCUT2D eigenvalue weighted by molar-refractivity contribution is -0.112. The second-order valence-electron chi connectivity index (χ2n) is 8.45. The Morgan fingerprint density at radius 1 is 1.00 bits per heavy atom. The standard InChI is InChI=1S/C27H33BrN2O4/c1-2-3-4-5-6-7-8-12-17-34-19-24(31)25-22-18-20(28)15-16-23(22)30(26(25)32)27(33)29-21-13-10-9-11-14-21/h9-11,13-16,18,31H,2-8,12,17,19H2,1H3,(H,29,33). The summed E-state index contributed by atoms with van der Waals surface area (Å²) in [7, 11) is 0. The summed E-state index contributed by atoms with van der Waals surface area (Å²) in [5.74, 6) is -0.742. The third-order valence-corrected chi connectivity index (χ3v) is 6.28. The first-order valence-corrected chi connectivity index (χ1v) is 12.8. The lowest BCUT2D eigenvalue weighted by Crippen LogP contribution is -2.37. The number of rotatable bonds is 12. The Labute approximate surface area is 210 Å². The van der Waals surface area contributed by atoms with E-state index in [2.05, 4.69) is 28.2 Å². The van der Waals surface area contributed by atoms with Crippen molar-refractivity contribution in [2.24, 2.45) is 0 Å². The van der Waals surface area contributed by atoms with Crippen LogP contribution in [0.1, 0.15) is 63.9 Å². The Morgan fingerprint density at radius 3 is 2.38 bits per heavy atom. The number of carbonyl (C=O) groups is 2. The quantitative estimate of drug-likeness (QED) is 0.170. The number of imide groups is 1. The number of fused-ring (bicyclic) bond motifs is 1. The molecule has 3 amide bonds. The lowest BCUT2D eigenvalue weighted by atomic mass is 10.1. The molecule has 1 aliphatic rings. The van der Waals surface area contributed by atoms with Crippen molar-refractivity contribution in [1.82, 2.24) is 0 Å². The summed E-state index contributed by atoms with van der Waals surface area (Å²) >= 11 is 3.41. The van der Waals surface area contributed by atoms with E-state index in [1.54, 1.807) is 42.5 Å². The molecular weight excluding hydrogens is 496 g/mol. The van der Waals surface area contributed by atoms with E-state index in [0.717, 1.165) is 22.2 Å². The SMILES string of the molecule is CCCCCCCCCCOCC(O)=C1C(=O)N(C(=O)Nc2ccccc2)c2ccc(Br)cc21. The van der Waals surface area contributed by atoms with Gasteiger partial charge in [0.15, 0.2) is 0 Å². The van der Waals surface area contributed by atoms with Gasteiger partial charge in [0.2, 0.25) is 0 Å². The maximum Gasteiger partial charge on any atom is 0.333 e. The van der Waals surface area contributed by atoms with E-state index in [1.807, 2.05) is 6.07 Å². The van der Waals surface area contributed by atoms with Crippen LogP contribution in [0.3, 0.4) is 0 Å². The van der Waals surface area contributed by atoms with Crippen LogP contribution >= 0.6 is 15.9 Å². The van der Waals surface area contributed by atoms with Crippen molar-refractivity contribution in [2.75, 3.05) is 23.4 Å². The molecule has 0 bridgehead atoms. The number of aliphatic hydroxyl groups is 1. The Morgan fingerprint density at radius 2 is 1.68 bits per heavy atom. The van der Waals surface area contributed by atoms with Gasteiger partial charge in [0.1, 0.15) is 12.4 Å². The van der Waals surface area contributed by atoms with Gasteiger partial charge in [-0.2, -0.15) is 0 Å². The number of para-hydroxylation sites is 1. The molecule has 0 radical (unpaired) electrons. The minimum atomic E-state index is -0.581. The molecule has 0 saturated carbocycles. The van der Waals surface area contributed by atoms with Gasteiger partial charge in [0, 0.05) is 22.3 Å². The summed E-state index contributed by atoms with van der Waals surface area (Å²) in [4.78, 5) is 27.2. The topological polar surface area (TPSA) is 78.9 Å².